The third-order valence-electron chi connectivity index (χ3n) is 4.99. The number of nitrogens with one attached hydrogen (secondary N) is 4. The SMILES string of the molecule is C=CCNc1ccc(NCC=C)c(N2CCNCC2C(=O)C2CCCN2)n1. The van der Waals surface area contributed by atoms with Crippen molar-refractivity contribution < 1.29 is 4.79 Å². The number of hydrogen-bond donors (Lipinski definition) is 4. The van der Waals surface area contributed by atoms with Crippen molar-refractivity contribution in [2.24, 2.45) is 0 Å². The van der Waals surface area contributed by atoms with Crippen molar-refractivity contribution >= 4 is 23.1 Å². The fraction of sp³-hybridized carbons (Fsp3) is 0.500. The van der Waals surface area contributed by atoms with Gasteiger partial charge in [-0.25, -0.2) is 4.98 Å². The van der Waals surface area contributed by atoms with E-state index in [0.717, 1.165) is 49.8 Å². The first kappa shape index (κ1) is 19.4. The van der Waals surface area contributed by atoms with E-state index in [1.165, 1.54) is 0 Å². The Kier molecular flexibility index (Phi) is 6.84. The average molecular weight is 371 g/mol. The lowest BCUT2D eigenvalue weighted by atomic mass is 10.0. The molecule has 0 bridgehead atoms. The van der Waals surface area contributed by atoms with Gasteiger partial charge in [0.15, 0.2) is 11.6 Å². The largest absolute Gasteiger partial charge is 0.379 e. The van der Waals surface area contributed by atoms with E-state index in [2.05, 4.69) is 39.3 Å². The van der Waals surface area contributed by atoms with Crippen LogP contribution >= 0.6 is 0 Å². The van der Waals surface area contributed by atoms with E-state index in [9.17, 15) is 4.79 Å². The number of hydrogen-bond acceptors (Lipinski definition) is 7. The molecular formula is C20H30N6O. The summed E-state index contributed by atoms with van der Waals surface area (Å²) in [6, 6.07) is 3.68. The van der Waals surface area contributed by atoms with E-state index in [0.29, 0.717) is 19.6 Å². The molecule has 0 aliphatic carbocycles. The lowest BCUT2D eigenvalue weighted by Crippen LogP contribution is -2.58. The summed E-state index contributed by atoms with van der Waals surface area (Å²) in [4.78, 5) is 20.1. The second-order valence-corrected chi connectivity index (χ2v) is 6.87. The molecule has 2 saturated heterocycles. The van der Waals surface area contributed by atoms with Crippen LogP contribution in [0.15, 0.2) is 37.4 Å². The summed E-state index contributed by atoms with van der Waals surface area (Å²) in [7, 11) is 0. The molecule has 1 aromatic rings. The number of rotatable bonds is 9. The molecule has 2 aliphatic rings. The summed E-state index contributed by atoms with van der Waals surface area (Å²) < 4.78 is 0. The van der Waals surface area contributed by atoms with Crippen LogP contribution in [0.2, 0.25) is 0 Å². The number of aromatic nitrogens is 1. The van der Waals surface area contributed by atoms with Gasteiger partial charge in [-0.2, -0.15) is 0 Å². The molecule has 3 heterocycles. The number of pyridine rings is 1. The van der Waals surface area contributed by atoms with Gasteiger partial charge in [0, 0.05) is 32.7 Å². The first-order valence-corrected chi connectivity index (χ1v) is 9.69. The van der Waals surface area contributed by atoms with Crippen molar-refractivity contribution in [2.75, 3.05) is 54.8 Å². The van der Waals surface area contributed by atoms with Gasteiger partial charge in [0.25, 0.3) is 0 Å². The molecular weight excluding hydrogens is 340 g/mol. The average Bonchev–Trinajstić information content (AvgIpc) is 3.25. The highest BCUT2D eigenvalue weighted by Crippen LogP contribution is 2.29. The van der Waals surface area contributed by atoms with Crippen LogP contribution in [0.4, 0.5) is 17.3 Å². The van der Waals surface area contributed by atoms with Crippen molar-refractivity contribution in [3.05, 3.63) is 37.4 Å². The lowest BCUT2D eigenvalue weighted by molar-refractivity contribution is -0.122. The van der Waals surface area contributed by atoms with Crippen LogP contribution in [0.5, 0.6) is 0 Å². The van der Waals surface area contributed by atoms with Crippen LogP contribution in [0.3, 0.4) is 0 Å². The highest BCUT2D eigenvalue weighted by molar-refractivity contribution is 5.93. The highest BCUT2D eigenvalue weighted by atomic mass is 16.1. The van der Waals surface area contributed by atoms with Crippen LogP contribution < -0.4 is 26.2 Å². The summed E-state index contributed by atoms with van der Waals surface area (Å²) in [6.07, 6.45) is 5.59. The van der Waals surface area contributed by atoms with E-state index >= 15 is 0 Å². The van der Waals surface area contributed by atoms with Gasteiger partial charge in [-0.15, -0.1) is 13.2 Å². The summed E-state index contributed by atoms with van der Waals surface area (Å²) in [6.45, 7) is 11.9. The fourth-order valence-corrected chi connectivity index (χ4v) is 3.63. The molecule has 2 fully saturated rings. The molecule has 0 amide bonds. The molecule has 2 atom stereocenters. The number of carbonyl (C=O) groups is 1. The van der Waals surface area contributed by atoms with Crippen LogP contribution in [-0.4, -0.2) is 62.1 Å². The molecule has 2 aliphatic heterocycles. The number of anilines is 3. The van der Waals surface area contributed by atoms with Crippen molar-refractivity contribution in [1.29, 1.82) is 0 Å². The van der Waals surface area contributed by atoms with E-state index in [1.807, 2.05) is 18.2 Å². The Bertz CT molecular complexity index is 670. The summed E-state index contributed by atoms with van der Waals surface area (Å²) in [5.74, 6) is 1.84. The Morgan fingerprint density at radius 3 is 2.81 bits per heavy atom. The summed E-state index contributed by atoms with van der Waals surface area (Å²) >= 11 is 0. The number of piperazine rings is 1. The zero-order valence-electron chi connectivity index (χ0n) is 15.8. The molecule has 7 heteroatoms. The molecule has 27 heavy (non-hydrogen) atoms. The minimum Gasteiger partial charge on any atom is -0.379 e. The molecule has 0 saturated carbocycles. The van der Waals surface area contributed by atoms with Gasteiger partial charge in [-0.1, -0.05) is 12.2 Å². The van der Waals surface area contributed by atoms with Crippen LogP contribution in [0.1, 0.15) is 12.8 Å². The molecule has 3 rings (SSSR count). The Morgan fingerprint density at radius 1 is 1.26 bits per heavy atom. The third kappa shape index (κ3) is 4.67. The molecule has 1 aromatic heterocycles. The quantitative estimate of drug-likeness (QED) is 0.489. The van der Waals surface area contributed by atoms with E-state index in [1.54, 1.807) is 6.08 Å². The van der Waals surface area contributed by atoms with E-state index in [-0.39, 0.29) is 17.9 Å². The number of nitrogens with zero attached hydrogens (tertiary/aromatic N) is 2. The lowest BCUT2D eigenvalue weighted by Gasteiger charge is -2.38. The second kappa shape index (κ2) is 9.53. The Labute approximate surface area is 161 Å². The minimum absolute atomic E-state index is 0.0518. The van der Waals surface area contributed by atoms with Gasteiger partial charge in [-0.3, -0.25) is 4.79 Å². The molecule has 0 radical (unpaired) electrons. The number of carbonyl (C=O) groups excluding carboxylic acids is 1. The molecule has 0 spiro atoms. The van der Waals surface area contributed by atoms with Gasteiger partial charge < -0.3 is 26.2 Å². The zero-order valence-corrected chi connectivity index (χ0v) is 15.8. The normalized spacial score (nSPS) is 22.3. The number of Topliss-reactive ketones (excluding diaryl/α,β-unsaturated/α-hetero) is 1. The predicted molar refractivity (Wildman–Crippen MR) is 112 cm³/mol. The fourth-order valence-electron chi connectivity index (χ4n) is 3.63. The predicted octanol–water partition coefficient (Wildman–Crippen LogP) is 1.38. The highest BCUT2D eigenvalue weighted by Gasteiger charge is 2.36. The number of ketones is 1. The topological polar surface area (TPSA) is 81.3 Å². The smallest absolute Gasteiger partial charge is 0.173 e. The Balaban J connectivity index is 1.89. The van der Waals surface area contributed by atoms with Gasteiger partial charge in [-0.05, 0) is 31.5 Å². The van der Waals surface area contributed by atoms with E-state index < -0.39 is 0 Å². The van der Waals surface area contributed by atoms with Gasteiger partial charge in [0.2, 0.25) is 0 Å². The first-order chi connectivity index (χ1) is 13.2. The van der Waals surface area contributed by atoms with Crippen LogP contribution in [-0.2, 0) is 4.79 Å². The van der Waals surface area contributed by atoms with Gasteiger partial charge >= 0.3 is 0 Å². The maximum absolute atomic E-state index is 13.1. The molecule has 4 N–H and O–H groups in total. The van der Waals surface area contributed by atoms with Crippen molar-refractivity contribution in [1.82, 2.24) is 15.6 Å². The molecule has 7 nitrogen and oxygen atoms in total. The zero-order chi connectivity index (χ0) is 19.1. The standard InChI is InChI=1S/C20H30N6O/c1-3-9-22-16-7-8-18(24-10-4-2)25-20(16)26-13-12-21-14-17(26)19(27)15-6-5-11-23-15/h3-4,7-8,15,17,21-23H,1-2,5-6,9-14H2,(H,24,25). The van der Waals surface area contributed by atoms with Crippen molar-refractivity contribution in [3.63, 3.8) is 0 Å². The monoisotopic (exact) mass is 370 g/mol. The Hall–Kier alpha value is -2.38. The van der Waals surface area contributed by atoms with Crippen LogP contribution in [0.25, 0.3) is 0 Å². The van der Waals surface area contributed by atoms with E-state index in [4.69, 9.17) is 4.98 Å². The maximum atomic E-state index is 13.1. The first-order valence-electron chi connectivity index (χ1n) is 9.69. The molecule has 146 valence electrons. The van der Waals surface area contributed by atoms with Crippen molar-refractivity contribution in [3.8, 4) is 0 Å². The molecule has 2 unspecified atom stereocenters. The second-order valence-electron chi connectivity index (χ2n) is 6.87. The summed E-state index contributed by atoms with van der Waals surface area (Å²) in [5, 5.41) is 13.3. The van der Waals surface area contributed by atoms with Gasteiger partial charge in [0.1, 0.15) is 11.9 Å². The minimum atomic E-state index is -0.221. The van der Waals surface area contributed by atoms with Crippen LogP contribution in [0, 0.1) is 0 Å². The van der Waals surface area contributed by atoms with Crippen molar-refractivity contribution in [2.45, 2.75) is 24.9 Å². The Morgan fingerprint density at radius 2 is 2.07 bits per heavy atom. The third-order valence-corrected chi connectivity index (χ3v) is 4.99. The molecule has 0 aromatic carbocycles. The maximum Gasteiger partial charge on any atom is 0.173 e. The summed E-state index contributed by atoms with van der Waals surface area (Å²) in [5.41, 5.74) is 0.915. The van der Waals surface area contributed by atoms with Gasteiger partial charge in [0.05, 0.1) is 11.7 Å².